The van der Waals surface area contributed by atoms with Gasteiger partial charge in [-0.15, -0.1) is 0 Å². The molecule has 0 radical (unpaired) electrons. The molecule has 0 aromatic rings. The molecule has 0 amide bonds. The van der Waals surface area contributed by atoms with E-state index in [1.165, 1.54) is 12.8 Å². The zero-order chi connectivity index (χ0) is 11.8. The summed E-state index contributed by atoms with van der Waals surface area (Å²) < 4.78 is 6.13. The van der Waals surface area contributed by atoms with Crippen LogP contribution in [-0.4, -0.2) is 25.0 Å². The van der Waals surface area contributed by atoms with E-state index in [4.69, 9.17) is 9.57 Å². The molecule has 2 aliphatic rings. The average molecular weight is 225 g/mol. The first kappa shape index (κ1) is 11.9. The van der Waals surface area contributed by atoms with E-state index in [1.54, 1.807) is 7.11 Å². The highest BCUT2D eigenvalue weighted by molar-refractivity contribution is 5.97. The second-order valence-corrected chi connectivity index (χ2v) is 5.76. The third kappa shape index (κ3) is 1.65. The third-order valence-corrected chi connectivity index (χ3v) is 4.48. The van der Waals surface area contributed by atoms with E-state index in [0.717, 1.165) is 25.2 Å². The molecule has 2 rings (SSSR count). The van der Waals surface area contributed by atoms with Gasteiger partial charge in [0.25, 0.3) is 0 Å². The van der Waals surface area contributed by atoms with E-state index in [9.17, 15) is 0 Å². The maximum atomic E-state index is 6.13. The molecule has 16 heavy (non-hydrogen) atoms. The van der Waals surface area contributed by atoms with Crippen LogP contribution in [0.1, 0.15) is 46.5 Å². The first-order valence-corrected chi connectivity index (χ1v) is 6.29. The number of rotatable bonds is 1. The molecule has 0 aromatic carbocycles. The van der Waals surface area contributed by atoms with Crippen LogP contribution in [0.15, 0.2) is 5.16 Å². The molecule has 0 aromatic heterocycles. The molecule has 1 aliphatic heterocycles. The Morgan fingerprint density at radius 2 is 1.94 bits per heavy atom. The molecule has 3 nitrogen and oxygen atoms in total. The van der Waals surface area contributed by atoms with Gasteiger partial charge in [0.05, 0.1) is 12.3 Å². The van der Waals surface area contributed by atoms with Crippen molar-refractivity contribution in [2.24, 2.45) is 16.5 Å². The molecule has 3 heteroatoms. The molecule has 1 saturated carbocycles. The Labute approximate surface area is 98.2 Å². The van der Waals surface area contributed by atoms with Crippen molar-refractivity contribution in [3.8, 4) is 0 Å². The van der Waals surface area contributed by atoms with E-state index in [-0.39, 0.29) is 11.0 Å². The van der Waals surface area contributed by atoms with E-state index >= 15 is 0 Å². The molecule has 0 bridgehead atoms. The summed E-state index contributed by atoms with van der Waals surface area (Å²) in [7, 11) is 1.63. The molecule has 1 unspecified atom stereocenters. The number of hydrogen-bond acceptors (Lipinski definition) is 3. The lowest BCUT2D eigenvalue weighted by Gasteiger charge is -2.47. The van der Waals surface area contributed by atoms with Crippen LogP contribution in [0.5, 0.6) is 0 Å². The summed E-state index contributed by atoms with van der Waals surface area (Å²) in [5, 5.41) is 4.31. The van der Waals surface area contributed by atoms with E-state index in [0.29, 0.717) is 5.92 Å². The van der Waals surface area contributed by atoms with E-state index < -0.39 is 0 Å². The first-order chi connectivity index (χ1) is 7.53. The summed E-state index contributed by atoms with van der Waals surface area (Å²) in [6.07, 6.45) is 4.69. The summed E-state index contributed by atoms with van der Waals surface area (Å²) in [6, 6.07) is 0. The van der Waals surface area contributed by atoms with Crippen molar-refractivity contribution in [3.05, 3.63) is 0 Å². The molecule has 2 fully saturated rings. The molecule has 1 saturated heterocycles. The minimum absolute atomic E-state index is 0.0819. The molecule has 1 spiro atoms. The Bertz CT molecular complexity index is 290. The zero-order valence-corrected chi connectivity index (χ0v) is 10.9. The lowest BCUT2D eigenvalue weighted by molar-refractivity contribution is -0.0553. The lowest BCUT2D eigenvalue weighted by Crippen LogP contribution is -2.55. The summed E-state index contributed by atoms with van der Waals surface area (Å²) in [5.74, 6) is 0.493. The van der Waals surface area contributed by atoms with Gasteiger partial charge in [-0.3, -0.25) is 0 Å². The number of ether oxygens (including phenoxy) is 1. The minimum atomic E-state index is -0.119. The largest absolute Gasteiger partial charge is 0.399 e. The average Bonchev–Trinajstić information content (AvgIpc) is 2.70. The zero-order valence-electron chi connectivity index (χ0n) is 10.9. The van der Waals surface area contributed by atoms with Crippen molar-refractivity contribution in [1.29, 1.82) is 0 Å². The van der Waals surface area contributed by atoms with Crippen molar-refractivity contribution in [2.75, 3.05) is 13.7 Å². The van der Waals surface area contributed by atoms with Gasteiger partial charge < -0.3 is 9.57 Å². The molecule has 0 N–H and O–H groups in total. The van der Waals surface area contributed by atoms with Crippen molar-refractivity contribution in [1.82, 2.24) is 0 Å². The van der Waals surface area contributed by atoms with Gasteiger partial charge in [-0.05, 0) is 18.8 Å². The van der Waals surface area contributed by atoms with Crippen molar-refractivity contribution in [3.63, 3.8) is 0 Å². The molecule has 1 atom stereocenters. The van der Waals surface area contributed by atoms with Gasteiger partial charge in [-0.1, -0.05) is 38.8 Å². The second kappa shape index (κ2) is 4.02. The van der Waals surface area contributed by atoms with Gasteiger partial charge in [-0.25, -0.2) is 0 Å². The summed E-state index contributed by atoms with van der Waals surface area (Å²) >= 11 is 0. The summed E-state index contributed by atoms with van der Waals surface area (Å²) in [4.78, 5) is 5.06. The van der Waals surface area contributed by atoms with Gasteiger partial charge in [0, 0.05) is 5.41 Å². The molecule has 1 heterocycles. The van der Waals surface area contributed by atoms with Crippen molar-refractivity contribution < 1.29 is 9.57 Å². The van der Waals surface area contributed by atoms with Gasteiger partial charge in [-0.2, -0.15) is 0 Å². The first-order valence-electron chi connectivity index (χ1n) is 6.29. The highest BCUT2D eigenvalue weighted by Gasteiger charge is 2.52. The van der Waals surface area contributed by atoms with Crippen LogP contribution < -0.4 is 0 Å². The van der Waals surface area contributed by atoms with Gasteiger partial charge in [0.1, 0.15) is 12.7 Å². The number of oxime groups is 1. The normalized spacial score (nSPS) is 34.5. The second-order valence-electron chi connectivity index (χ2n) is 5.76. The maximum Gasteiger partial charge on any atom is 0.110 e. The Morgan fingerprint density at radius 1 is 1.31 bits per heavy atom. The highest BCUT2D eigenvalue weighted by atomic mass is 16.6. The predicted octanol–water partition coefficient (Wildman–Crippen LogP) is 2.99. The van der Waals surface area contributed by atoms with Gasteiger partial charge in [0.15, 0.2) is 0 Å². The number of hydrogen-bond donors (Lipinski definition) is 0. The fourth-order valence-electron chi connectivity index (χ4n) is 3.00. The van der Waals surface area contributed by atoms with Gasteiger partial charge in [0.2, 0.25) is 0 Å². The Morgan fingerprint density at radius 3 is 2.50 bits per heavy atom. The molecular weight excluding hydrogens is 202 g/mol. The van der Waals surface area contributed by atoms with Crippen LogP contribution in [0.2, 0.25) is 0 Å². The van der Waals surface area contributed by atoms with Crippen LogP contribution in [0, 0.1) is 11.3 Å². The molecular formula is C13H23NO2. The Hall–Kier alpha value is -0.570. The predicted molar refractivity (Wildman–Crippen MR) is 64.5 cm³/mol. The Kier molecular flexibility index (Phi) is 2.99. The van der Waals surface area contributed by atoms with Crippen LogP contribution in [0.3, 0.4) is 0 Å². The summed E-state index contributed by atoms with van der Waals surface area (Å²) in [5.41, 5.74) is 1.09. The topological polar surface area (TPSA) is 30.8 Å². The highest BCUT2D eigenvalue weighted by Crippen LogP contribution is 2.47. The fourth-order valence-corrected chi connectivity index (χ4v) is 3.00. The smallest absolute Gasteiger partial charge is 0.110 e. The van der Waals surface area contributed by atoms with Crippen LogP contribution in [-0.2, 0) is 9.57 Å². The fraction of sp³-hybridized carbons (Fsp3) is 0.923. The minimum Gasteiger partial charge on any atom is -0.399 e. The monoisotopic (exact) mass is 225 g/mol. The lowest BCUT2D eigenvalue weighted by atomic mass is 9.67. The van der Waals surface area contributed by atoms with E-state index in [2.05, 4.69) is 25.9 Å². The number of nitrogens with zero attached hydrogens (tertiary/aromatic N) is 1. The quantitative estimate of drug-likeness (QED) is 0.642. The van der Waals surface area contributed by atoms with Crippen LogP contribution >= 0.6 is 0 Å². The van der Waals surface area contributed by atoms with Crippen LogP contribution in [0.4, 0.5) is 0 Å². The van der Waals surface area contributed by atoms with Crippen LogP contribution in [0.25, 0.3) is 0 Å². The van der Waals surface area contributed by atoms with E-state index in [1.807, 2.05) is 0 Å². The standard InChI is InChI=1S/C13H23NO2/c1-10-9-16-13(7-5-6-8-13)11(14-15-4)12(10,2)3/h10H,5-9H2,1-4H3/b14-11-. The van der Waals surface area contributed by atoms with Crippen molar-refractivity contribution in [2.45, 2.75) is 52.1 Å². The SMILES string of the molecule is CO/N=C1\C2(CCCC2)OCC(C)C1(C)C. The maximum absolute atomic E-state index is 6.13. The third-order valence-electron chi connectivity index (χ3n) is 4.48. The molecule has 1 aliphatic carbocycles. The van der Waals surface area contributed by atoms with Crippen molar-refractivity contribution >= 4 is 5.71 Å². The summed E-state index contributed by atoms with van der Waals surface area (Å²) in [6.45, 7) is 7.60. The van der Waals surface area contributed by atoms with Gasteiger partial charge >= 0.3 is 0 Å². The Balaban J connectivity index is 2.37. The molecule has 92 valence electrons.